The van der Waals surface area contributed by atoms with Crippen molar-refractivity contribution in [3.05, 3.63) is 35.9 Å². The van der Waals surface area contributed by atoms with Crippen LogP contribution in [0.15, 0.2) is 30.3 Å². The van der Waals surface area contributed by atoms with Gasteiger partial charge in [-0.25, -0.2) is 5.43 Å². The standard InChI is InChI=1S/C11H17N3/c1-8-10(7-12)11(14-13-8)9-5-3-2-4-6-9/h2-6,8,10-11,13-14H,7,12H2,1H3. The van der Waals surface area contributed by atoms with E-state index in [1.165, 1.54) is 5.56 Å². The maximum Gasteiger partial charge on any atom is 0.0517 e. The number of nitrogens with two attached hydrogens (primary N) is 1. The summed E-state index contributed by atoms with van der Waals surface area (Å²) < 4.78 is 0. The second kappa shape index (κ2) is 4.09. The third-order valence-electron chi connectivity index (χ3n) is 2.97. The van der Waals surface area contributed by atoms with Gasteiger partial charge in [0.25, 0.3) is 0 Å². The highest BCUT2D eigenvalue weighted by Crippen LogP contribution is 2.27. The molecule has 0 amide bonds. The van der Waals surface area contributed by atoms with Gasteiger partial charge in [-0.05, 0) is 19.0 Å². The topological polar surface area (TPSA) is 50.1 Å². The van der Waals surface area contributed by atoms with Gasteiger partial charge in [-0.2, -0.15) is 0 Å². The Morgan fingerprint density at radius 3 is 2.57 bits per heavy atom. The molecule has 1 saturated heterocycles. The molecule has 2 rings (SSSR count). The van der Waals surface area contributed by atoms with E-state index < -0.39 is 0 Å². The minimum Gasteiger partial charge on any atom is -0.330 e. The van der Waals surface area contributed by atoms with Crippen LogP contribution in [0.4, 0.5) is 0 Å². The van der Waals surface area contributed by atoms with E-state index in [1.54, 1.807) is 0 Å². The summed E-state index contributed by atoms with van der Waals surface area (Å²) in [5.74, 6) is 0.470. The molecule has 14 heavy (non-hydrogen) atoms. The summed E-state index contributed by atoms with van der Waals surface area (Å²) in [6.07, 6.45) is 0. The van der Waals surface area contributed by atoms with E-state index in [0.717, 1.165) is 0 Å². The van der Waals surface area contributed by atoms with Gasteiger partial charge in [0.2, 0.25) is 0 Å². The number of rotatable bonds is 2. The van der Waals surface area contributed by atoms with Gasteiger partial charge in [-0.15, -0.1) is 0 Å². The molecule has 4 N–H and O–H groups in total. The largest absolute Gasteiger partial charge is 0.330 e. The molecule has 3 nitrogen and oxygen atoms in total. The van der Waals surface area contributed by atoms with Crippen molar-refractivity contribution in [2.24, 2.45) is 11.7 Å². The Kier molecular flexibility index (Phi) is 2.82. The van der Waals surface area contributed by atoms with Crippen LogP contribution in [0.1, 0.15) is 18.5 Å². The highest BCUT2D eigenvalue weighted by Gasteiger charge is 2.32. The van der Waals surface area contributed by atoms with E-state index in [2.05, 4.69) is 42.0 Å². The molecule has 0 saturated carbocycles. The van der Waals surface area contributed by atoms with Gasteiger partial charge in [0.15, 0.2) is 0 Å². The Bertz CT molecular complexity index is 286. The molecule has 0 bridgehead atoms. The normalized spacial score (nSPS) is 32.0. The summed E-state index contributed by atoms with van der Waals surface area (Å²) in [5.41, 5.74) is 13.6. The molecule has 3 heteroatoms. The van der Waals surface area contributed by atoms with Crippen LogP contribution >= 0.6 is 0 Å². The van der Waals surface area contributed by atoms with Crippen LogP contribution in [-0.4, -0.2) is 12.6 Å². The highest BCUT2D eigenvalue weighted by atomic mass is 15.4. The summed E-state index contributed by atoms with van der Waals surface area (Å²) >= 11 is 0. The third-order valence-corrected chi connectivity index (χ3v) is 2.97. The molecule has 76 valence electrons. The summed E-state index contributed by atoms with van der Waals surface area (Å²) in [5, 5.41) is 0. The first-order valence-corrected chi connectivity index (χ1v) is 5.09. The van der Waals surface area contributed by atoms with E-state index in [9.17, 15) is 0 Å². The number of nitrogens with one attached hydrogen (secondary N) is 2. The Balaban J connectivity index is 2.19. The highest BCUT2D eigenvalue weighted by molar-refractivity contribution is 5.21. The molecule has 1 aromatic rings. The number of hydrogen-bond donors (Lipinski definition) is 3. The second-order valence-corrected chi connectivity index (χ2v) is 3.87. The first kappa shape index (κ1) is 9.65. The Morgan fingerprint density at radius 2 is 1.93 bits per heavy atom. The van der Waals surface area contributed by atoms with Crippen molar-refractivity contribution in [3.63, 3.8) is 0 Å². The fourth-order valence-electron chi connectivity index (χ4n) is 2.06. The molecular formula is C11H17N3. The zero-order valence-corrected chi connectivity index (χ0v) is 8.40. The molecule has 1 fully saturated rings. The monoisotopic (exact) mass is 191 g/mol. The van der Waals surface area contributed by atoms with Crippen LogP contribution in [0.3, 0.4) is 0 Å². The summed E-state index contributed by atoms with van der Waals surface area (Å²) in [6.45, 7) is 2.87. The molecule has 1 heterocycles. The van der Waals surface area contributed by atoms with Crippen LogP contribution in [0, 0.1) is 5.92 Å². The Labute approximate surface area is 84.7 Å². The Hall–Kier alpha value is -0.900. The quantitative estimate of drug-likeness (QED) is 0.648. The maximum absolute atomic E-state index is 5.77. The lowest BCUT2D eigenvalue weighted by Gasteiger charge is -2.19. The summed E-state index contributed by atoms with van der Waals surface area (Å²) in [4.78, 5) is 0. The molecule has 1 aromatic carbocycles. The van der Waals surface area contributed by atoms with Crippen molar-refractivity contribution in [1.29, 1.82) is 0 Å². The van der Waals surface area contributed by atoms with Crippen LogP contribution in [-0.2, 0) is 0 Å². The van der Waals surface area contributed by atoms with Crippen LogP contribution in [0.25, 0.3) is 0 Å². The van der Waals surface area contributed by atoms with E-state index in [4.69, 9.17) is 5.73 Å². The summed E-state index contributed by atoms with van der Waals surface area (Å²) in [6, 6.07) is 11.2. The van der Waals surface area contributed by atoms with Crippen LogP contribution in [0.2, 0.25) is 0 Å². The molecule has 0 spiro atoms. The predicted octanol–water partition coefficient (Wildman–Crippen LogP) is 0.799. The number of benzene rings is 1. The molecule has 3 unspecified atom stereocenters. The maximum atomic E-state index is 5.77. The van der Waals surface area contributed by atoms with Gasteiger partial charge < -0.3 is 5.73 Å². The number of hydrazine groups is 1. The lowest BCUT2D eigenvalue weighted by atomic mass is 9.90. The van der Waals surface area contributed by atoms with Gasteiger partial charge in [0.1, 0.15) is 0 Å². The van der Waals surface area contributed by atoms with Crippen LogP contribution in [0.5, 0.6) is 0 Å². The van der Waals surface area contributed by atoms with Crippen molar-refractivity contribution in [2.45, 2.75) is 19.0 Å². The molecule has 0 aliphatic carbocycles. The lowest BCUT2D eigenvalue weighted by Crippen LogP contribution is -2.30. The Morgan fingerprint density at radius 1 is 1.21 bits per heavy atom. The molecular weight excluding hydrogens is 174 g/mol. The van der Waals surface area contributed by atoms with E-state index in [0.29, 0.717) is 24.5 Å². The SMILES string of the molecule is CC1NNC(c2ccccc2)C1CN. The van der Waals surface area contributed by atoms with Gasteiger partial charge in [0.05, 0.1) is 6.04 Å². The van der Waals surface area contributed by atoms with Gasteiger partial charge in [0, 0.05) is 12.0 Å². The van der Waals surface area contributed by atoms with Crippen molar-refractivity contribution in [2.75, 3.05) is 6.54 Å². The minimum absolute atomic E-state index is 0.344. The smallest absolute Gasteiger partial charge is 0.0517 e. The van der Waals surface area contributed by atoms with Crippen molar-refractivity contribution in [1.82, 2.24) is 10.9 Å². The molecule has 3 atom stereocenters. The molecule has 0 aromatic heterocycles. The average molecular weight is 191 g/mol. The first-order valence-electron chi connectivity index (χ1n) is 5.09. The van der Waals surface area contributed by atoms with Crippen molar-refractivity contribution >= 4 is 0 Å². The predicted molar refractivity (Wildman–Crippen MR) is 57.5 cm³/mol. The summed E-state index contributed by atoms with van der Waals surface area (Å²) in [7, 11) is 0. The zero-order valence-electron chi connectivity index (χ0n) is 8.40. The first-order chi connectivity index (χ1) is 6.83. The zero-order chi connectivity index (χ0) is 9.97. The molecule has 1 aliphatic rings. The number of hydrogen-bond acceptors (Lipinski definition) is 3. The van der Waals surface area contributed by atoms with Crippen molar-refractivity contribution in [3.8, 4) is 0 Å². The third kappa shape index (κ3) is 1.66. The van der Waals surface area contributed by atoms with Gasteiger partial charge in [-0.3, -0.25) is 5.43 Å². The van der Waals surface area contributed by atoms with Crippen molar-refractivity contribution < 1.29 is 0 Å². The van der Waals surface area contributed by atoms with Gasteiger partial charge >= 0.3 is 0 Å². The molecule has 0 radical (unpaired) electrons. The molecule has 1 aliphatic heterocycles. The fraction of sp³-hybridized carbons (Fsp3) is 0.455. The van der Waals surface area contributed by atoms with E-state index in [1.807, 2.05) is 6.07 Å². The second-order valence-electron chi connectivity index (χ2n) is 3.87. The minimum atomic E-state index is 0.344. The van der Waals surface area contributed by atoms with Gasteiger partial charge in [-0.1, -0.05) is 30.3 Å². The van der Waals surface area contributed by atoms with E-state index >= 15 is 0 Å². The van der Waals surface area contributed by atoms with Crippen LogP contribution < -0.4 is 16.6 Å². The fourth-order valence-corrected chi connectivity index (χ4v) is 2.06. The average Bonchev–Trinajstić information content (AvgIpc) is 2.61. The van der Waals surface area contributed by atoms with E-state index in [-0.39, 0.29) is 0 Å². The lowest BCUT2D eigenvalue weighted by molar-refractivity contribution is 0.444.